The van der Waals surface area contributed by atoms with Crippen molar-refractivity contribution in [2.24, 2.45) is 0 Å². The maximum atomic E-state index is 12.5. The van der Waals surface area contributed by atoms with Crippen LogP contribution >= 0.6 is 0 Å². The van der Waals surface area contributed by atoms with Crippen LogP contribution in [-0.4, -0.2) is 11.6 Å². The predicted molar refractivity (Wildman–Crippen MR) is 111 cm³/mol. The molecule has 0 unspecified atom stereocenters. The molecule has 4 heteroatoms. The number of fused-ring (bicyclic) bond motifs is 2. The van der Waals surface area contributed by atoms with Gasteiger partial charge in [0.1, 0.15) is 0 Å². The zero-order valence-corrected chi connectivity index (χ0v) is 14.9. The fraction of sp³-hybridized carbons (Fsp3) is 0. The van der Waals surface area contributed by atoms with Gasteiger partial charge in [0.25, 0.3) is 0 Å². The molecule has 28 heavy (non-hydrogen) atoms. The Morgan fingerprint density at radius 2 is 0.929 bits per heavy atom. The van der Waals surface area contributed by atoms with Gasteiger partial charge >= 0.3 is 0 Å². The molecule has 5 rings (SSSR count). The van der Waals surface area contributed by atoms with E-state index in [1.165, 1.54) is 0 Å². The molecule has 0 radical (unpaired) electrons. The summed E-state index contributed by atoms with van der Waals surface area (Å²) in [6.45, 7) is 0. The second kappa shape index (κ2) is 6.35. The molecule has 134 valence electrons. The summed E-state index contributed by atoms with van der Waals surface area (Å²) in [7, 11) is 0. The van der Waals surface area contributed by atoms with E-state index in [2.05, 4.69) is 10.6 Å². The molecule has 0 bridgehead atoms. The third kappa shape index (κ3) is 2.72. The smallest absolute Gasteiger partial charge is 0.211 e. The largest absolute Gasteiger partial charge is 0.352 e. The minimum Gasteiger partial charge on any atom is -0.352 e. The van der Waals surface area contributed by atoms with Crippen molar-refractivity contribution in [1.82, 2.24) is 0 Å². The van der Waals surface area contributed by atoms with Gasteiger partial charge in [0.15, 0.2) is 0 Å². The first kappa shape index (κ1) is 16.3. The van der Waals surface area contributed by atoms with Gasteiger partial charge in [0, 0.05) is 22.5 Å². The van der Waals surface area contributed by atoms with E-state index in [9.17, 15) is 9.59 Å². The summed E-state index contributed by atoms with van der Waals surface area (Å²) >= 11 is 0. The highest BCUT2D eigenvalue weighted by Gasteiger charge is 2.24. The lowest BCUT2D eigenvalue weighted by Gasteiger charge is -2.02. The number of benzene rings is 3. The minimum atomic E-state index is 0.000288. The Morgan fingerprint density at radius 1 is 0.536 bits per heavy atom. The molecule has 3 aromatic carbocycles. The van der Waals surface area contributed by atoms with Crippen molar-refractivity contribution in [3.05, 3.63) is 106 Å². The van der Waals surface area contributed by atoms with Crippen molar-refractivity contribution in [2.75, 3.05) is 10.6 Å². The van der Waals surface area contributed by atoms with E-state index in [1.807, 2.05) is 84.9 Å². The number of ketones is 2. The molecule has 0 fully saturated rings. The van der Waals surface area contributed by atoms with Gasteiger partial charge in [-0.1, -0.05) is 48.5 Å². The Morgan fingerprint density at radius 3 is 1.32 bits per heavy atom. The second-order valence-electron chi connectivity index (χ2n) is 6.78. The molecule has 0 saturated heterocycles. The molecule has 4 nitrogen and oxygen atoms in total. The van der Waals surface area contributed by atoms with Crippen LogP contribution in [0.3, 0.4) is 0 Å². The van der Waals surface area contributed by atoms with Gasteiger partial charge in [-0.15, -0.1) is 0 Å². The van der Waals surface area contributed by atoms with Crippen LogP contribution in [0.25, 0.3) is 12.2 Å². The first-order valence-electron chi connectivity index (χ1n) is 9.04. The van der Waals surface area contributed by atoms with Crippen molar-refractivity contribution in [2.45, 2.75) is 0 Å². The number of allylic oxidation sites excluding steroid dienone is 2. The number of hydrogen-bond acceptors (Lipinski definition) is 4. The van der Waals surface area contributed by atoms with Crippen molar-refractivity contribution in [3.63, 3.8) is 0 Å². The van der Waals surface area contributed by atoms with E-state index in [1.54, 1.807) is 0 Å². The van der Waals surface area contributed by atoms with E-state index in [4.69, 9.17) is 0 Å². The highest BCUT2D eigenvalue weighted by molar-refractivity contribution is 6.21. The molecule has 3 aromatic rings. The van der Waals surface area contributed by atoms with Crippen molar-refractivity contribution in [1.29, 1.82) is 0 Å². The van der Waals surface area contributed by atoms with Gasteiger partial charge in [-0.05, 0) is 47.5 Å². The molecular formula is C24H16N2O2. The number of para-hydroxylation sites is 2. The zero-order chi connectivity index (χ0) is 19.1. The molecule has 0 amide bonds. The van der Waals surface area contributed by atoms with Crippen LogP contribution in [0.1, 0.15) is 31.8 Å². The van der Waals surface area contributed by atoms with Crippen LogP contribution in [-0.2, 0) is 0 Å². The zero-order valence-electron chi connectivity index (χ0n) is 14.9. The Labute approximate surface area is 162 Å². The summed E-state index contributed by atoms with van der Waals surface area (Å²) in [4.78, 5) is 24.9. The lowest BCUT2D eigenvalue weighted by Crippen LogP contribution is -2.00. The Hall–Kier alpha value is -3.92. The number of nitrogens with one attached hydrogen (secondary N) is 2. The van der Waals surface area contributed by atoms with E-state index >= 15 is 0 Å². The van der Waals surface area contributed by atoms with E-state index < -0.39 is 0 Å². The monoisotopic (exact) mass is 364 g/mol. The summed E-state index contributed by atoms with van der Waals surface area (Å²) in [5, 5.41) is 6.33. The maximum Gasteiger partial charge on any atom is 0.211 e. The predicted octanol–water partition coefficient (Wildman–Crippen LogP) is 4.99. The van der Waals surface area contributed by atoms with Crippen molar-refractivity contribution in [3.8, 4) is 0 Å². The Balaban J connectivity index is 1.38. The Bertz CT molecular complexity index is 1090. The van der Waals surface area contributed by atoms with Crippen molar-refractivity contribution < 1.29 is 9.59 Å². The average Bonchev–Trinajstić information content (AvgIpc) is 3.21. The summed E-state index contributed by atoms with van der Waals surface area (Å²) < 4.78 is 0. The Kier molecular flexibility index (Phi) is 3.69. The molecule has 0 aromatic heterocycles. The number of rotatable bonds is 2. The molecule has 0 saturated carbocycles. The number of carbonyl (C=O) groups is 2. The summed E-state index contributed by atoms with van der Waals surface area (Å²) in [6.07, 6.45) is 3.68. The number of carbonyl (C=O) groups excluding carboxylic acids is 2. The fourth-order valence-electron chi connectivity index (χ4n) is 3.50. The van der Waals surface area contributed by atoms with Crippen LogP contribution in [0.15, 0.2) is 84.2 Å². The molecule has 0 spiro atoms. The summed E-state index contributed by atoms with van der Waals surface area (Å²) in [5.41, 5.74) is 6.03. The second-order valence-corrected chi connectivity index (χ2v) is 6.78. The SMILES string of the molecule is O=C1C(=Cc2ccc(C=C3Nc4ccccc4C3=O)cc2)Nc2ccccc21. The van der Waals surface area contributed by atoms with Gasteiger partial charge in [-0.2, -0.15) is 0 Å². The molecule has 2 heterocycles. The third-order valence-corrected chi connectivity index (χ3v) is 4.93. The third-order valence-electron chi connectivity index (χ3n) is 4.93. The number of anilines is 2. The topological polar surface area (TPSA) is 58.2 Å². The normalized spacial score (nSPS) is 17.4. The quantitative estimate of drug-likeness (QED) is 0.629. The van der Waals surface area contributed by atoms with Gasteiger partial charge in [-0.3, -0.25) is 9.59 Å². The van der Waals surface area contributed by atoms with E-state index in [0.717, 1.165) is 22.5 Å². The summed E-state index contributed by atoms with van der Waals surface area (Å²) in [5.74, 6) is 0.000577. The minimum absolute atomic E-state index is 0.000288. The molecule has 2 aliphatic heterocycles. The van der Waals surface area contributed by atoms with Crippen LogP contribution < -0.4 is 10.6 Å². The highest BCUT2D eigenvalue weighted by atomic mass is 16.1. The maximum absolute atomic E-state index is 12.5. The van der Waals surface area contributed by atoms with Gasteiger partial charge < -0.3 is 10.6 Å². The number of Topliss-reactive ketones (excluding diaryl/α,β-unsaturated/α-hetero) is 2. The molecule has 2 N–H and O–H groups in total. The average molecular weight is 364 g/mol. The molecule has 0 atom stereocenters. The summed E-state index contributed by atoms with van der Waals surface area (Å²) in [6, 6.07) is 22.7. The molecular weight excluding hydrogens is 348 g/mol. The fourth-order valence-corrected chi connectivity index (χ4v) is 3.50. The van der Waals surface area contributed by atoms with Crippen LogP contribution in [0.2, 0.25) is 0 Å². The first-order valence-corrected chi connectivity index (χ1v) is 9.04. The van der Waals surface area contributed by atoms with Gasteiger partial charge in [-0.25, -0.2) is 0 Å². The standard InChI is InChI=1S/C24H16N2O2/c27-23-17-5-1-3-7-19(17)25-21(23)13-15-9-11-16(12-10-15)14-22-24(28)18-6-2-4-8-20(18)26-22/h1-14,25-26H. The molecule has 2 aliphatic rings. The van der Waals surface area contributed by atoms with Gasteiger partial charge in [0.2, 0.25) is 11.6 Å². The lowest BCUT2D eigenvalue weighted by atomic mass is 10.1. The van der Waals surface area contributed by atoms with Crippen molar-refractivity contribution >= 4 is 35.1 Å². The molecule has 0 aliphatic carbocycles. The van der Waals surface area contributed by atoms with E-state index in [-0.39, 0.29) is 11.6 Å². The van der Waals surface area contributed by atoms with Crippen LogP contribution in [0.4, 0.5) is 11.4 Å². The van der Waals surface area contributed by atoms with E-state index in [0.29, 0.717) is 22.5 Å². The number of hydrogen-bond donors (Lipinski definition) is 2. The van der Waals surface area contributed by atoms with Crippen LogP contribution in [0, 0.1) is 0 Å². The first-order chi connectivity index (χ1) is 13.7. The van der Waals surface area contributed by atoms with Gasteiger partial charge in [0.05, 0.1) is 11.4 Å². The highest BCUT2D eigenvalue weighted by Crippen LogP contribution is 2.30. The lowest BCUT2D eigenvalue weighted by molar-refractivity contribution is 0.103. The van der Waals surface area contributed by atoms with Crippen LogP contribution in [0.5, 0.6) is 0 Å².